The average Bonchev–Trinajstić information content (AvgIpc) is 2.94. The second-order valence-corrected chi connectivity index (χ2v) is 5.56. The summed E-state index contributed by atoms with van der Waals surface area (Å²) in [5, 5.41) is 11.2. The molecular weight excluding hydrogens is 401 g/mol. The van der Waals surface area contributed by atoms with Gasteiger partial charge in [0.1, 0.15) is 0 Å². The van der Waals surface area contributed by atoms with Crippen LogP contribution in [0.25, 0.3) is 5.69 Å². The van der Waals surface area contributed by atoms with Gasteiger partial charge in [-0.25, -0.2) is 4.68 Å². The predicted octanol–water partition coefficient (Wildman–Crippen LogP) is 2.67. The molecule has 1 aromatic carbocycles. The normalized spacial score (nSPS) is 13.7. The van der Waals surface area contributed by atoms with E-state index >= 15 is 0 Å². The van der Waals surface area contributed by atoms with E-state index in [0.29, 0.717) is 0 Å². The highest BCUT2D eigenvalue weighted by molar-refractivity contribution is 14.0. The molecule has 6 heteroatoms. The topological polar surface area (TPSA) is 54.2 Å². The minimum atomic E-state index is 0. The monoisotopic (exact) mass is 425 g/mol. The van der Waals surface area contributed by atoms with Crippen LogP contribution in [-0.4, -0.2) is 35.4 Å². The van der Waals surface area contributed by atoms with Crippen LogP contribution in [0.15, 0.2) is 41.5 Å². The Kier molecular flexibility index (Phi) is 6.88. The number of rotatable bonds is 5. The van der Waals surface area contributed by atoms with Gasteiger partial charge in [0.05, 0.1) is 11.4 Å². The van der Waals surface area contributed by atoms with Crippen LogP contribution < -0.4 is 10.6 Å². The Balaban J connectivity index is 0.00000192. The number of aryl methyl sites for hydroxylation is 2. The van der Waals surface area contributed by atoms with Crippen molar-refractivity contribution in [3.05, 3.63) is 47.8 Å². The van der Waals surface area contributed by atoms with Gasteiger partial charge in [0.25, 0.3) is 0 Å². The number of hydrogen-bond acceptors (Lipinski definition) is 4. The molecule has 2 N–H and O–H groups in total. The highest BCUT2D eigenvalue weighted by Gasteiger charge is 2.07. The third-order valence-corrected chi connectivity index (χ3v) is 3.83. The molecule has 0 saturated heterocycles. The highest BCUT2D eigenvalue weighted by Crippen LogP contribution is 2.13. The van der Waals surface area contributed by atoms with Crippen LogP contribution >= 0.6 is 24.0 Å². The summed E-state index contributed by atoms with van der Waals surface area (Å²) in [5.74, 6) is 0.947. The lowest BCUT2D eigenvalue weighted by Crippen LogP contribution is -2.41. The van der Waals surface area contributed by atoms with E-state index in [0.717, 1.165) is 56.2 Å². The molecule has 2 aromatic rings. The zero-order valence-electron chi connectivity index (χ0n) is 13.5. The molecule has 5 nitrogen and oxygen atoms in total. The number of benzene rings is 1. The first kappa shape index (κ1) is 17.8. The summed E-state index contributed by atoms with van der Waals surface area (Å²) >= 11 is 0. The first-order chi connectivity index (χ1) is 10.8. The zero-order valence-corrected chi connectivity index (χ0v) is 15.8. The number of para-hydroxylation sites is 1. The van der Waals surface area contributed by atoms with E-state index in [1.165, 1.54) is 5.56 Å². The Morgan fingerprint density at radius 3 is 2.83 bits per heavy atom. The molecule has 1 aromatic heterocycles. The molecule has 124 valence electrons. The molecule has 1 aliphatic rings. The van der Waals surface area contributed by atoms with Crippen molar-refractivity contribution in [1.82, 2.24) is 20.4 Å². The Bertz CT molecular complexity index is 636. The fourth-order valence-corrected chi connectivity index (χ4v) is 2.59. The summed E-state index contributed by atoms with van der Waals surface area (Å²) in [6.45, 7) is 4.96. The third kappa shape index (κ3) is 4.95. The van der Waals surface area contributed by atoms with Gasteiger partial charge in [0.15, 0.2) is 5.96 Å². The molecule has 0 radical (unpaired) electrons. The molecule has 0 aliphatic carbocycles. The molecule has 0 amide bonds. The summed E-state index contributed by atoms with van der Waals surface area (Å²) < 4.78 is 1.96. The maximum atomic E-state index is 4.61. The standard InChI is InChI=1S/C17H23N5.HI/c1-14-15(7-5-10-18-17-19-11-6-12-20-17)13-22(21-14)16-8-3-2-4-9-16;/h2-4,8-9,13H,5-7,10-12H2,1H3,(H2,18,19,20);1H. The van der Waals surface area contributed by atoms with Gasteiger partial charge < -0.3 is 10.6 Å². The van der Waals surface area contributed by atoms with Gasteiger partial charge in [0.2, 0.25) is 0 Å². The summed E-state index contributed by atoms with van der Waals surface area (Å²) in [4.78, 5) is 4.41. The van der Waals surface area contributed by atoms with Crippen LogP contribution in [0.3, 0.4) is 0 Å². The number of nitrogens with zero attached hydrogens (tertiary/aromatic N) is 3. The zero-order chi connectivity index (χ0) is 15.2. The van der Waals surface area contributed by atoms with E-state index < -0.39 is 0 Å². The minimum Gasteiger partial charge on any atom is -0.356 e. The van der Waals surface area contributed by atoms with Gasteiger partial charge in [-0.1, -0.05) is 18.2 Å². The van der Waals surface area contributed by atoms with Gasteiger partial charge >= 0.3 is 0 Å². The quantitative estimate of drug-likeness (QED) is 0.572. The SMILES string of the molecule is Cc1nn(-c2ccccc2)cc1CCCNC1=NCCCN1.I. The Morgan fingerprint density at radius 1 is 1.26 bits per heavy atom. The van der Waals surface area contributed by atoms with Crippen LogP contribution in [0.4, 0.5) is 0 Å². The lowest BCUT2D eigenvalue weighted by Gasteiger charge is -2.15. The molecule has 0 fully saturated rings. The van der Waals surface area contributed by atoms with Crippen LogP contribution in [0.2, 0.25) is 0 Å². The average molecular weight is 425 g/mol. The Labute approximate surface area is 154 Å². The van der Waals surface area contributed by atoms with Gasteiger partial charge in [-0.3, -0.25) is 4.99 Å². The van der Waals surface area contributed by atoms with Crippen LogP contribution in [0.5, 0.6) is 0 Å². The smallest absolute Gasteiger partial charge is 0.191 e. The van der Waals surface area contributed by atoms with E-state index in [1.807, 2.05) is 22.9 Å². The van der Waals surface area contributed by atoms with E-state index in [4.69, 9.17) is 0 Å². The van der Waals surface area contributed by atoms with Crippen LogP contribution in [0.1, 0.15) is 24.1 Å². The third-order valence-electron chi connectivity index (χ3n) is 3.83. The van der Waals surface area contributed by atoms with Crippen LogP contribution in [-0.2, 0) is 6.42 Å². The number of guanidine groups is 1. The molecule has 0 saturated carbocycles. The minimum absolute atomic E-state index is 0. The summed E-state index contributed by atoms with van der Waals surface area (Å²) in [7, 11) is 0. The van der Waals surface area contributed by atoms with Crippen molar-refractivity contribution < 1.29 is 0 Å². The maximum Gasteiger partial charge on any atom is 0.191 e. The Hall–Kier alpha value is -1.57. The summed E-state index contributed by atoms with van der Waals surface area (Å²) in [6, 6.07) is 10.2. The molecule has 2 heterocycles. The van der Waals surface area contributed by atoms with Crippen molar-refractivity contribution in [2.75, 3.05) is 19.6 Å². The highest BCUT2D eigenvalue weighted by atomic mass is 127. The number of nitrogens with one attached hydrogen (secondary N) is 2. The summed E-state index contributed by atoms with van der Waals surface area (Å²) in [5.41, 5.74) is 3.52. The largest absolute Gasteiger partial charge is 0.356 e. The van der Waals surface area contributed by atoms with Crippen molar-refractivity contribution in [3.8, 4) is 5.69 Å². The first-order valence-electron chi connectivity index (χ1n) is 7.96. The van der Waals surface area contributed by atoms with E-state index in [1.54, 1.807) is 0 Å². The van der Waals surface area contributed by atoms with E-state index in [2.05, 4.69) is 46.0 Å². The van der Waals surface area contributed by atoms with Crippen molar-refractivity contribution >= 4 is 29.9 Å². The van der Waals surface area contributed by atoms with Gasteiger partial charge in [-0.2, -0.15) is 5.10 Å². The Morgan fingerprint density at radius 2 is 2.09 bits per heavy atom. The molecular formula is C17H24IN5. The van der Waals surface area contributed by atoms with Crippen molar-refractivity contribution in [2.24, 2.45) is 4.99 Å². The second-order valence-electron chi connectivity index (χ2n) is 5.56. The number of hydrogen-bond donors (Lipinski definition) is 2. The predicted molar refractivity (Wildman–Crippen MR) is 105 cm³/mol. The number of aromatic nitrogens is 2. The van der Waals surface area contributed by atoms with Crippen molar-refractivity contribution in [2.45, 2.75) is 26.2 Å². The molecule has 23 heavy (non-hydrogen) atoms. The van der Waals surface area contributed by atoms with E-state index in [-0.39, 0.29) is 24.0 Å². The van der Waals surface area contributed by atoms with Gasteiger partial charge in [0, 0.05) is 25.8 Å². The van der Waals surface area contributed by atoms with Crippen LogP contribution in [0, 0.1) is 6.92 Å². The number of aliphatic imine (C=N–C) groups is 1. The first-order valence-corrected chi connectivity index (χ1v) is 7.96. The van der Waals surface area contributed by atoms with Crippen molar-refractivity contribution in [1.29, 1.82) is 0 Å². The molecule has 3 rings (SSSR count). The lowest BCUT2D eigenvalue weighted by atomic mass is 10.1. The van der Waals surface area contributed by atoms with Crippen molar-refractivity contribution in [3.63, 3.8) is 0 Å². The number of halogens is 1. The fraction of sp³-hybridized carbons (Fsp3) is 0.412. The lowest BCUT2D eigenvalue weighted by molar-refractivity contribution is 0.685. The molecule has 0 spiro atoms. The molecule has 0 bridgehead atoms. The van der Waals surface area contributed by atoms with Gasteiger partial charge in [-0.05, 0) is 43.9 Å². The second kappa shape index (κ2) is 8.90. The molecule has 1 aliphatic heterocycles. The van der Waals surface area contributed by atoms with E-state index in [9.17, 15) is 0 Å². The van der Waals surface area contributed by atoms with Gasteiger partial charge in [-0.15, -0.1) is 24.0 Å². The molecule has 0 atom stereocenters. The summed E-state index contributed by atoms with van der Waals surface area (Å²) in [6.07, 6.45) is 5.37. The molecule has 0 unspecified atom stereocenters. The fourth-order valence-electron chi connectivity index (χ4n) is 2.59. The maximum absolute atomic E-state index is 4.61.